The molecule has 0 bridgehead atoms. The lowest BCUT2D eigenvalue weighted by atomic mass is 9.94. The Morgan fingerprint density at radius 3 is 2.73 bits per heavy atom. The minimum absolute atomic E-state index is 0. The van der Waals surface area contributed by atoms with Crippen LogP contribution in [0.4, 0.5) is 0 Å². The lowest BCUT2D eigenvalue weighted by molar-refractivity contribution is -0.186. The number of nitrogens with zero attached hydrogens (tertiary/aromatic N) is 1. The van der Waals surface area contributed by atoms with Crippen LogP contribution in [-0.4, -0.2) is 37.5 Å². The Balaban J connectivity index is 0.00000242. The predicted molar refractivity (Wildman–Crippen MR) is 101 cm³/mol. The molecule has 0 aromatic heterocycles. The molecule has 1 saturated heterocycles. The Morgan fingerprint density at radius 1 is 1.23 bits per heavy atom. The molecule has 130 valence electrons. The summed E-state index contributed by atoms with van der Waals surface area (Å²) in [6.45, 7) is 4.36. The first-order valence-electron chi connectivity index (χ1n) is 8.60. The van der Waals surface area contributed by atoms with E-state index in [9.17, 15) is 0 Å². The minimum Gasteiger partial charge on any atom is -0.370 e. The van der Waals surface area contributed by atoms with Gasteiger partial charge < -0.3 is 20.5 Å². The monoisotopic (exact) mass is 425 g/mol. The first-order valence-corrected chi connectivity index (χ1v) is 8.60. The summed E-state index contributed by atoms with van der Waals surface area (Å²) in [5.74, 6) is 0.223. The third kappa shape index (κ3) is 6.58. The maximum absolute atomic E-state index is 6.09. The van der Waals surface area contributed by atoms with Crippen LogP contribution in [0.5, 0.6) is 0 Å². The molecule has 1 unspecified atom stereocenters. The van der Waals surface area contributed by atoms with E-state index in [1.807, 2.05) is 0 Å². The largest absolute Gasteiger partial charge is 0.370 e. The zero-order valence-corrected chi connectivity index (χ0v) is 16.1. The second kappa shape index (κ2) is 10.6. The quantitative estimate of drug-likeness (QED) is 0.285. The molecule has 22 heavy (non-hydrogen) atoms. The lowest BCUT2D eigenvalue weighted by Crippen LogP contribution is -2.35. The molecule has 1 saturated carbocycles. The average Bonchev–Trinajstić information content (AvgIpc) is 2.88. The number of aliphatic imine (C=N–C) groups is 1. The maximum atomic E-state index is 6.09. The molecular formula is C16H32IN3O2. The van der Waals surface area contributed by atoms with Crippen molar-refractivity contribution in [1.82, 2.24) is 5.32 Å². The highest BCUT2D eigenvalue weighted by atomic mass is 127. The Labute approximate surface area is 151 Å². The van der Waals surface area contributed by atoms with E-state index in [1.165, 1.54) is 38.5 Å². The molecule has 2 aliphatic rings. The van der Waals surface area contributed by atoms with Crippen molar-refractivity contribution in [2.24, 2.45) is 10.7 Å². The lowest BCUT2D eigenvalue weighted by Gasteiger charge is -2.31. The van der Waals surface area contributed by atoms with Crippen molar-refractivity contribution in [3.8, 4) is 0 Å². The minimum atomic E-state index is -0.305. The number of rotatable bonds is 7. The smallest absolute Gasteiger partial charge is 0.188 e. The molecule has 2 fully saturated rings. The van der Waals surface area contributed by atoms with Gasteiger partial charge in [0.2, 0.25) is 0 Å². The summed E-state index contributed by atoms with van der Waals surface area (Å²) in [6, 6.07) is 0. The Bertz CT molecular complexity index is 333. The summed E-state index contributed by atoms with van der Waals surface area (Å²) in [6.07, 6.45) is 10.8. The van der Waals surface area contributed by atoms with Crippen LogP contribution >= 0.6 is 24.0 Å². The van der Waals surface area contributed by atoms with Crippen LogP contribution in [0.2, 0.25) is 0 Å². The number of nitrogens with one attached hydrogen (secondary N) is 1. The zero-order chi connectivity index (χ0) is 15.0. The third-order valence-electron chi connectivity index (χ3n) is 4.33. The molecule has 0 aromatic rings. The highest BCUT2D eigenvalue weighted by Gasteiger charge is 2.41. The number of unbranched alkanes of at least 4 members (excludes halogenated alkanes) is 3. The summed E-state index contributed by atoms with van der Waals surface area (Å²) in [7, 11) is 0. The number of guanidine groups is 1. The van der Waals surface area contributed by atoms with Crippen molar-refractivity contribution in [1.29, 1.82) is 0 Å². The van der Waals surface area contributed by atoms with E-state index in [0.29, 0.717) is 19.1 Å². The molecular weight excluding hydrogens is 393 g/mol. The Kier molecular flexibility index (Phi) is 9.66. The molecule has 0 aromatic carbocycles. The first-order chi connectivity index (χ1) is 10.2. The van der Waals surface area contributed by atoms with E-state index < -0.39 is 0 Å². The summed E-state index contributed by atoms with van der Waals surface area (Å²) in [5, 5.41) is 3.17. The highest BCUT2D eigenvalue weighted by Crippen LogP contribution is 2.37. The summed E-state index contributed by atoms with van der Waals surface area (Å²) in [5.41, 5.74) is 5.88. The second-order valence-electron chi connectivity index (χ2n) is 6.24. The van der Waals surface area contributed by atoms with Gasteiger partial charge in [-0.15, -0.1) is 24.0 Å². The summed E-state index contributed by atoms with van der Waals surface area (Å²) < 4.78 is 12.0. The average molecular weight is 425 g/mol. The molecule has 5 nitrogen and oxygen atoms in total. The van der Waals surface area contributed by atoms with Gasteiger partial charge in [-0.1, -0.05) is 32.6 Å². The van der Waals surface area contributed by atoms with E-state index >= 15 is 0 Å². The number of ether oxygens (including phenoxy) is 2. The number of hydrogen-bond acceptors (Lipinski definition) is 3. The molecule has 6 heteroatoms. The molecule has 3 N–H and O–H groups in total. The van der Waals surface area contributed by atoms with E-state index in [2.05, 4.69) is 17.2 Å². The topological polar surface area (TPSA) is 68.9 Å². The van der Waals surface area contributed by atoms with Gasteiger partial charge >= 0.3 is 0 Å². The molecule has 1 aliphatic heterocycles. The summed E-state index contributed by atoms with van der Waals surface area (Å²) >= 11 is 0. The predicted octanol–water partition coefficient (Wildman–Crippen LogP) is 3.16. The molecule has 0 amide bonds. The fourth-order valence-electron chi connectivity index (χ4n) is 3.08. The normalized spacial score (nSPS) is 24.2. The van der Waals surface area contributed by atoms with Crippen molar-refractivity contribution in [3.05, 3.63) is 0 Å². The van der Waals surface area contributed by atoms with Gasteiger partial charge in [0.05, 0.1) is 13.2 Å². The molecule has 1 heterocycles. The van der Waals surface area contributed by atoms with E-state index in [0.717, 1.165) is 25.8 Å². The van der Waals surface area contributed by atoms with Gasteiger partial charge in [-0.25, -0.2) is 0 Å². The Hall–Kier alpha value is -0.0800. The van der Waals surface area contributed by atoms with Gasteiger partial charge in [0.15, 0.2) is 11.7 Å². The number of halogens is 1. The van der Waals surface area contributed by atoms with Gasteiger partial charge in [-0.2, -0.15) is 0 Å². The molecule has 1 spiro atoms. The van der Waals surface area contributed by atoms with Crippen molar-refractivity contribution < 1.29 is 9.47 Å². The van der Waals surface area contributed by atoms with Gasteiger partial charge in [-0.05, 0) is 19.3 Å². The van der Waals surface area contributed by atoms with E-state index in [-0.39, 0.29) is 35.9 Å². The van der Waals surface area contributed by atoms with Crippen LogP contribution in [-0.2, 0) is 9.47 Å². The number of hydrogen-bond donors (Lipinski definition) is 2. The SMILES string of the molecule is CCCCCCNC(N)=NCC1COC2(CCCCC2)O1.I. The molecule has 2 rings (SSSR count). The van der Waals surface area contributed by atoms with Gasteiger partial charge in [0.1, 0.15) is 6.10 Å². The van der Waals surface area contributed by atoms with Gasteiger partial charge in [-0.3, -0.25) is 4.99 Å². The van der Waals surface area contributed by atoms with Crippen LogP contribution in [0, 0.1) is 0 Å². The van der Waals surface area contributed by atoms with Gasteiger partial charge in [0.25, 0.3) is 0 Å². The first kappa shape index (κ1) is 20.0. The van der Waals surface area contributed by atoms with Crippen LogP contribution in [0.1, 0.15) is 64.7 Å². The van der Waals surface area contributed by atoms with E-state index in [1.54, 1.807) is 0 Å². The van der Waals surface area contributed by atoms with Crippen LogP contribution in [0.3, 0.4) is 0 Å². The van der Waals surface area contributed by atoms with Crippen molar-refractivity contribution in [2.75, 3.05) is 19.7 Å². The van der Waals surface area contributed by atoms with Crippen molar-refractivity contribution in [3.63, 3.8) is 0 Å². The molecule has 0 radical (unpaired) electrons. The van der Waals surface area contributed by atoms with Crippen molar-refractivity contribution >= 4 is 29.9 Å². The van der Waals surface area contributed by atoms with E-state index in [4.69, 9.17) is 15.2 Å². The highest BCUT2D eigenvalue weighted by molar-refractivity contribution is 14.0. The maximum Gasteiger partial charge on any atom is 0.188 e. The zero-order valence-electron chi connectivity index (χ0n) is 13.8. The molecule has 1 atom stereocenters. The van der Waals surface area contributed by atoms with Crippen LogP contribution < -0.4 is 11.1 Å². The summed E-state index contributed by atoms with van der Waals surface area (Å²) in [4.78, 5) is 4.38. The standard InChI is InChI=1S/C16H31N3O2.HI/c1-2-3-4-8-11-18-15(17)19-12-14-13-20-16(21-14)9-6-5-7-10-16;/h14H,2-13H2,1H3,(H3,17,18,19);1H. The Morgan fingerprint density at radius 2 is 2.00 bits per heavy atom. The second-order valence-corrected chi connectivity index (χ2v) is 6.24. The third-order valence-corrected chi connectivity index (χ3v) is 4.33. The fourth-order valence-corrected chi connectivity index (χ4v) is 3.08. The van der Waals surface area contributed by atoms with Crippen LogP contribution in [0.25, 0.3) is 0 Å². The van der Waals surface area contributed by atoms with Crippen molar-refractivity contribution in [2.45, 2.75) is 76.6 Å². The number of nitrogens with two attached hydrogens (primary N) is 1. The fraction of sp³-hybridized carbons (Fsp3) is 0.938. The van der Waals surface area contributed by atoms with Crippen LogP contribution in [0.15, 0.2) is 4.99 Å². The molecule has 1 aliphatic carbocycles. The van der Waals surface area contributed by atoms with Gasteiger partial charge in [0, 0.05) is 19.4 Å².